The standard InChI is InChI=1S/C12H19NO4/c1-5-8-6-7-9(10(14)15)13(8)11(16)17-12(2,3)4/h5,8-9H,1,6-7H2,2-4H3,(H,14,15)/t8-,9+/m1/s1. The van der Waals surface area contributed by atoms with Crippen LogP contribution in [-0.2, 0) is 9.53 Å². The molecular weight excluding hydrogens is 222 g/mol. The van der Waals surface area contributed by atoms with Crippen molar-refractivity contribution in [2.24, 2.45) is 0 Å². The van der Waals surface area contributed by atoms with Crippen LogP contribution in [0.2, 0.25) is 0 Å². The van der Waals surface area contributed by atoms with Crippen molar-refractivity contribution in [2.45, 2.75) is 51.3 Å². The molecule has 2 atom stereocenters. The number of nitrogens with zero attached hydrogens (tertiary/aromatic N) is 1. The van der Waals surface area contributed by atoms with Crippen molar-refractivity contribution in [3.8, 4) is 0 Å². The summed E-state index contributed by atoms with van der Waals surface area (Å²) >= 11 is 0. The number of rotatable bonds is 2. The first-order valence-corrected chi connectivity index (χ1v) is 5.63. The van der Waals surface area contributed by atoms with Gasteiger partial charge >= 0.3 is 12.1 Å². The predicted octanol–water partition coefficient (Wildman–Crippen LogP) is 2.03. The zero-order valence-electron chi connectivity index (χ0n) is 10.5. The van der Waals surface area contributed by atoms with Crippen LogP contribution >= 0.6 is 0 Å². The van der Waals surface area contributed by atoms with Gasteiger partial charge in [-0.25, -0.2) is 9.59 Å². The zero-order chi connectivity index (χ0) is 13.2. The van der Waals surface area contributed by atoms with Crippen LogP contribution in [-0.4, -0.2) is 39.8 Å². The molecule has 0 aromatic rings. The van der Waals surface area contributed by atoms with Crippen molar-refractivity contribution in [1.29, 1.82) is 0 Å². The van der Waals surface area contributed by atoms with E-state index in [1.807, 2.05) is 0 Å². The Bertz CT molecular complexity index is 332. The molecule has 0 bridgehead atoms. The van der Waals surface area contributed by atoms with Gasteiger partial charge in [0, 0.05) is 0 Å². The van der Waals surface area contributed by atoms with Gasteiger partial charge < -0.3 is 9.84 Å². The Hall–Kier alpha value is -1.52. The maximum atomic E-state index is 11.9. The van der Waals surface area contributed by atoms with Gasteiger partial charge in [0.05, 0.1) is 6.04 Å². The Morgan fingerprint density at radius 2 is 2.00 bits per heavy atom. The van der Waals surface area contributed by atoms with Crippen LogP contribution in [0.4, 0.5) is 4.79 Å². The zero-order valence-corrected chi connectivity index (χ0v) is 10.5. The van der Waals surface area contributed by atoms with Gasteiger partial charge in [-0.1, -0.05) is 6.08 Å². The number of likely N-dealkylation sites (tertiary alicyclic amines) is 1. The Kier molecular flexibility index (Phi) is 3.80. The normalized spacial score (nSPS) is 24.5. The van der Waals surface area contributed by atoms with E-state index in [1.54, 1.807) is 26.8 Å². The Labute approximate surface area is 101 Å². The fraction of sp³-hybridized carbons (Fsp3) is 0.667. The molecule has 0 aromatic carbocycles. The number of ether oxygens (including phenoxy) is 1. The Morgan fingerprint density at radius 3 is 2.41 bits per heavy atom. The maximum absolute atomic E-state index is 11.9. The number of carbonyl (C=O) groups excluding carboxylic acids is 1. The molecule has 1 rings (SSSR count). The molecule has 1 heterocycles. The minimum absolute atomic E-state index is 0.258. The van der Waals surface area contributed by atoms with Crippen LogP contribution in [0.25, 0.3) is 0 Å². The van der Waals surface area contributed by atoms with Crippen molar-refractivity contribution < 1.29 is 19.4 Å². The molecule has 1 aliphatic heterocycles. The molecule has 17 heavy (non-hydrogen) atoms. The minimum Gasteiger partial charge on any atom is -0.480 e. The maximum Gasteiger partial charge on any atom is 0.411 e. The molecule has 1 amide bonds. The Balaban J connectivity index is 2.85. The Morgan fingerprint density at radius 1 is 1.41 bits per heavy atom. The van der Waals surface area contributed by atoms with Crippen LogP contribution in [0.3, 0.4) is 0 Å². The highest BCUT2D eigenvalue weighted by Crippen LogP contribution is 2.27. The molecule has 0 aromatic heterocycles. The van der Waals surface area contributed by atoms with E-state index < -0.39 is 23.7 Å². The molecule has 0 saturated carbocycles. The highest BCUT2D eigenvalue weighted by molar-refractivity contribution is 5.81. The first kappa shape index (κ1) is 13.5. The number of carboxylic acid groups (broad SMARTS) is 1. The van der Waals surface area contributed by atoms with Gasteiger partial charge in [0.15, 0.2) is 0 Å². The third-order valence-corrected chi connectivity index (χ3v) is 2.59. The first-order valence-electron chi connectivity index (χ1n) is 5.63. The van der Waals surface area contributed by atoms with Crippen molar-refractivity contribution in [3.05, 3.63) is 12.7 Å². The highest BCUT2D eigenvalue weighted by Gasteiger charge is 2.41. The van der Waals surface area contributed by atoms with E-state index in [2.05, 4.69) is 6.58 Å². The SMILES string of the molecule is C=C[C@@H]1CC[C@@H](C(=O)O)N1C(=O)OC(C)(C)C. The van der Waals surface area contributed by atoms with Crippen molar-refractivity contribution >= 4 is 12.1 Å². The van der Waals surface area contributed by atoms with E-state index in [9.17, 15) is 9.59 Å². The average molecular weight is 241 g/mol. The second-order valence-electron chi connectivity index (χ2n) is 5.12. The molecule has 0 aliphatic carbocycles. The molecule has 1 N–H and O–H groups in total. The molecular formula is C12H19NO4. The molecule has 0 radical (unpaired) electrons. The number of amides is 1. The van der Waals surface area contributed by atoms with E-state index in [0.717, 1.165) is 0 Å². The summed E-state index contributed by atoms with van der Waals surface area (Å²) in [6.45, 7) is 8.87. The summed E-state index contributed by atoms with van der Waals surface area (Å²) in [4.78, 5) is 24.3. The van der Waals surface area contributed by atoms with Crippen LogP contribution in [0.1, 0.15) is 33.6 Å². The van der Waals surface area contributed by atoms with E-state index in [1.165, 1.54) is 4.90 Å². The molecule has 5 nitrogen and oxygen atoms in total. The molecule has 1 aliphatic rings. The highest BCUT2D eigenvalue weighted by atomic mass is 16.6. The molecule has 5 heteroatoms. The smallest absolute Gasteiger partial charge is 0.411 e. The van der Waals surface area contributed by atoms with E-state index in [0.29, 0.717) is 12.8 Å². The quantitative estimate of drug-likeness (QED) is 0.751. The molecule has 0 spiro atoms. The van der Waals surface area contributed by atoms with Gasteiger partial charge in [-0.3, -0.25) is 4.90 Å². The number of hydrogen-bond acceptors (Lipinski definition) is 3. The van der Waals surface area contributed by atoms with Gasteiger partial charge in [-0.2, -0.15) is 0 Å². The van der Waals surface area contributed by atoms with E-state index >= 15 is 0 Å². The summed E-state index contributed by atoms with van der Waals surface area (Å²) in [5, 5.41) is 9.06. The van der Waals surface area contributed by atoms with E-state index in [-0.39, 0.29) is 6.04 Å². The third kappa shape index (κ3) is 3.22. The number of carbonyl (C=O) groups is 2. The van der Waals surface area contributed by atoms with Crippen LogP contribution in [0.5, 0.6) is 0 Å². The topological polar surface area (TPSA) is 66.8 Å². The largest absolute Gasteiger partial charge is 0.480 e. The second-order valence-corrected chi connectivity index (χ2v) is 5.12. The predicted molar refractivity (Wildman–Crippen MR) is 62.7 cm³/mol. The van der Waals surface area contributed by atoms with Crippen LogP contribution in [0.15, 0.2) is 12.7 Å². The average Bonchev–Trinajstić information content (AvgIpc) is 2.57. The minimum atomic E-state index is -1.000. The summed E-state index contributed by atoms with van der Waals surface area (Å²) in [6, 6.07) is -1.07. The van der Waals surface area contributed by atoms with Gasteiger partial charge in [0.25, 0.3) is 0 Å². The van der Waals surface area contributed by atoms with Crippen molar-refractivity contribution in [3.63, 3.8) is 0 Å². The van der Waals surface area contributed by atoms with Gasteiger partial charge in [0.1, 0.15) is 11.6 Å². The third-order valence-electron chi connectivity index (χ3n) is 2.59. The first-order chi connectivity index (χ1) is 7.76. The number of aliphatic carboxylic acids is 1. The monoisotopic (exact) mass is 241 g/mol. The van der Waals surface area contributed by atoms with Crippen LogP contribution < -0.4 is 0 Å². The molecule has 96 valence electrons. The number of hydrogen-bond donors (Lipinski definition) is 1. The van der Waals surface area contributed by atoms with Crippen molar-refractivity contribution in [1.82, 2.24) is 4.90 Å². The van der Waals surface area contributed by atoms with Crippen molar-refractivity contribution in [2.75, 3.05) is 0 Å². The molecule has 1 fully saturated rings. The summed E-state index contributed by atoms with van der Waals surface area (Å²) < 4.78 is 5.21. The summed E-state index contributed by atoms with van der Waals surface area (Å²) in [7, 11) is 0. The lowest BCUT2D eigenvalue weighted by atomic mass is 10.2. The van der Waals surface area contributed by atoms with Gasteiger partial charge in [-0.15, -0.1) is 6.58 Å². The fourth-order valence-electron chi connectivity index (χ4n) is 1.89. The van der Waals surface area contributed by atoms with Crippen LogP contribution in [0, 0.1) is 0 Å². The molecule has 0 unspecified atom stereocenters. The summed E-state index contributed by atoms with van der Waals surface area (Å²) in [5.74, 6) is -1.000. The summed E-state index contributed by atoms with van der Waals surface area (Å²) in [6.07, 6.45) is 2.05. The van der Waals surface area contributed by atoms with E-state index in [4.69, 9.17) is 9.84 Å². The van der Waals surface area contributed by atoms with Gasteiger partial charge in [0.2, 0.25) is 0 Å². The lowest BCUT2D eigenvalue weighted by molar-refractivity contribution is -0.142. The second kappa shape index (κ2) is 4.77. The lowest BCUT2D eigenvalue weighted by Gasteiger charge is -2.29. The molecule has 1 saturated heterocycles. The fourth-order valence-corrected chi connectivity index (χ4v) is 1.89. The van der Waals surface area contributed by atoms with Gasteiger partial charge in [-0.05, 0) is 33.6 Å². The summed E-state index contributed by atoms with van der Waals surface area (Å²) in [5.41, 5.74) is -0.631. The lowest BCUT2D eigenvalue weighted by Crippen LogP contribution is -2.46. The number of carboxylic acids is 1.